The third kappa shape index (κ3) is 4.72. The fraction of sp³-hybridized carbons (Fsp3) is 0.316. The average Bonchev–Trinajstić information content (AvgIpc) is 2.64. The lowest BCUT2D eigenvalue weighted by atomic mass is 10.2. The fourth-order valence-electron chi connectivity index (χ4n) is 2.83. The lowest BCUT2D eigenvalue weighted by Gasteiger charge is -2.36. The molecule has 2 aromatic carbocycles. The quantitative estimate of drug-likeness (QED) is 0.756. The van der Waals surface area contributed by atoms with Gasteiger partial charge in [-0.1, -0.05) is 12.1 Å². The molecule has 0 spiro atoms. The second-order valence-corrected chi connectivity index (χ2v) is 7.01. The molecule has 1 saturated heterocycles. The molecule has 6 heteroatoms. The Morgan fingerprint density at radius 1 is 0.960 bits per heavy atom. The normalized spacial score (nSPS) is 14.6. The van der Waals surface area contributed by atoms with E-state index in [9.17, 15) is 13.6 Å². The number of halogens is 2. The third-order valence-corrected chi connectivity index (χ3v) is 5.28. The number of rotatable bonds is 5. The molecule has 1 heterocycles. The molecule has 2 aromatic rings. The van der Waals surface area contributed by atoms with Crippen LogP contribution in [0.15, 0.2) is 53.4 Å². The number of carbonyl (C=O) groups excluding carboxylic acids is 1. The number of piperazine rings is 1. The lowest BCUT2D eigenvalue weighted by molar-refractivity contribution is -0.131. The molecule has 3 nitrogen and oxygen atoms in total. The van der Waals surface area contributed by atoms with Crippen LogP contribution in [0.5, 0.6) is 0 Å². The van der Waals surface area contributed by atoms with E-state index in [-0.39, 0.29) is 17.5 Å². The Morgan fingerprint density at radius 3 is 2.32 bits per heavy atom. The van der Waals surface area contributed by atoms with Crippen LogP contribution >= 0.6 is 11.8 Å². The summed E-state index contributed by atoms with van der Waals surface area (Å²) < 4.78 is 26.5. The zero-order chi connectivity index (χ0) is 17.6. The Bertz CT molecular complexity index is 716. The van der Waals surface area contributed by atoms with E-state index >= 15 is 0 Å². The minimum atomic E-state index is -0.245. The molecule has 25 heavy (non-hydrogen) atoms. The largest absolute Gasteiger partial charge is 0.368 e. The zero-order valence-electron chi connectivity index (χ0n) is 13.8. The summed E-state index contributed by atoms with van der Waals surface area (Å²) in [6.45, 7) is 2.77. The molecule has 0 aromatic heterocycles. The van der Waals surface area contributed by atoms with Crippen molar-refractivity contribution in [1.82, 2.24) is 4.90 Å². The topological polar surface area (TPSA) is 23.6 Å². The highest BCUT2D eigenvalue weighted by Gasteiger charge is 2.21. The maximum atomic E-state index is 13.6. The monoisotopic (exact) mass is 362 g/mol. The van der Waals surface area contributed by atoms with Crippen molar-refractivity contribution in [2.45, 2.75) is 11.3 Å². The Hall–Kier alpha value is -2.08. The average molecular weight is 362 g/mol. The van der Waals surface area contributed by atoms with Gasteiger partial charge >= 0.3 is 0 Å². The Kier molecular flexibility index (Phi) is 5.91. The molecule has 0 radical (unpaired) electrons. The van der Waals surface area contributed by atoms with Crippen LogP contribution in [0.3, 0.4) is 0 Å². The van der Waals surface area contributed by atoms with E-state index < -0.39 is 0 Å². The van der Waals surface area contributed by atoms with Gasteiger partial charge in [-0.2, -0.15) is 0 Å². The van der Waals surface area contributed by atoms with Gasteiger partial charge < -0.3 is 9.80 Å². The first-order valence-electron chi connectivity index (χ1n) is 8.29. The van der Waals surface area contributed by atoms with Crippen LogP contribution in [0.4, 0.5) is 14.5 Å². The van der Waals surface area contributed by atoms with Gasteiger partial charge in [-0.25, -0.2) is 8.78 Å². The van der Waals surface area contributed by atoms with Crippen LogP contribution in [0.1, 0.15) is 6.42 Å². The van der Waals surface area contributed by atoms with E-state index in [4.69, 9.17) is 0 Å². The van der Waals surface area contributed by atoms with E-state index in [1.807, 2.05) is 4.90 Å². The fourth-order valence-corrected chi connectivity index (χ4v) is 3.71. The first-order chi connectivity index (χ1) is 12.1. The van der Waals surface area contributed by atoms with Gasteiger partial charge in [0.05, 0.1) is 0 Å². The highest BCUT2D eigenvalue weighted by Crippen LogP contribution is 2.22. The molecule has 0 unspecified atom stereocenters. The predicted octanol–water partition coefficient (Wildman–Crippen LogP) is 3.80. The number of benzene rings is 2. The molecule has 3 rings (SSSR count). The number of carbonyl (C=O) groups is 1. The highest BCUT2D eigenvalue weighted by molar-refractivity contribution is 7.99. The minimum Gasteiger partial charge on any atom is -0.368 e. The van der Waals surface area contributed by atoms with Crippen molar-refractivity contribution in [2.75, 3.05) is 36.8 Å². The molecule has 1 aliphatic rings. The van der Waals surface area contributed by atoms with Gasteiger partial charge in [0, 0.05) is 48.9 Å². The summed E-state index contributed by atoms with van der Waals surface area (Å²) in [6.07, 6.45) is 0.398. The van der Waals surface area contributed by atoms with E-state index in [0.717, 1.165) is 18.8 Å². The molecule has 1 aliphatic heterocycles. The second-order valence-electron chi connectivity index (χ2n) is 5.87. The minimum absolute atomic E-state index is 0.0996. The van der Waals surface area contributed by atoms with Crippen LogP contribution in [-0.2, 0) is 4.79 Å². The van der Waals surface area contributed by atoms with Crippen LogP contribution in [-0.4, -0.2) is 42.7 Å². The number of thioether (sulfide) groups is 1. The standard InChI is InChI=1S/C19H20F2N2OS/c20-15-5-7-16(8-6-15)22-10-12-23(13-11-22)19(24)9-14-25-18-4-2-1-3-17(18)21/h1-8H,9-14H2. The van der Waals surface area contributed by atoms with Crippen molar-refractivity contribution in [1.29, 1.82) is 0 Å². The van der Waals surface area contributed by atoms with Crippen molar-refractivity contribution >= 4 is 23.4 Å². The molecule has 1 amide bonds. The molecule has 0 atom stereocenters. The summed E-state index contributed by atoms with van der Waals surface area (Å²) in [5, 5.41) is 0. The zero-order valence-corrected chi connectivity index (χ0v) is 14.6. The van der Waals surface area contributed by atoms with Crippen molar-refractivity contribution in [2.24, 2.45) is 0 Å². The van der Waals surface area contributed by atoms with Gasteiger partial charge in [0.1, 0.15) is 11.6 Å². The van der Waals surface area contributed by atoms with Gasteiger partial charge in [-0.05, 0) is 36.4 Å². The summed E-state index contributed by atoms with van der Waals surface area (Å²) in [4.78, 5) is 16.9. The molecule has 0 aliphatic carbocycles. The van der Waals surface area contributed by atoms with E-state index in [1.54, 1.807) is 30.3 Å². The number of nitrogens with zero attached hydrogens (tertiary/aromatic N) is 2. The van der Waals surface area contributed by atoms with Crippen LogP contribution in [0, 0.1) is 11.6 Å². The lowest BCUT2D eigenvalue weighted by Crippen LogP contribution is -2.48. The van der Waals surface area contributed by atoms with Gasteiger partial charge in [0.15, 0.2) is 0 Å². The van der Waals surface area contributed by atoms with Crippen LogP contribution < -0.4 is 4.90 Å². The van der Waals surface area contributed by atoms with E-state index in [0.29, 0.717) is 30.2 Å². The number of anilines is 1. The molecule has 1 fully saturated rings. The summed E-state index contributed by atoms with van der Waals surface area (Å²) in [5.41, 5.74) is 0.976. The predicted molar refractivity (Wildman–Crippen MR) is 96.9 cm³/mol. The van der Waals surface area contributed by atoms with Crippen molar-refractivity contribution in [3.05, 3.63) is 60.2 Å². The number of hydrogen-bond donors (Lipinski definition) is 0. The molecular formula is C19H20F2N2OS. The van der Waals surface area contributed by atoms with Crippen molar-refractivity contribution in [3.63, 3.8) is 0 Å². The van der Waals surface area contributed by atoms with Gasteiger partial charge in [0.2, 0.25) is 5.91 Å². The molecule has 0 N–H and O–H groups in total. The smallest absolute Gasteiger partial charge is 0.223 e. The van der Waals surface area contributed by atoms with Crippen molar-refractivity contribution in [3.8, 4) is 0 Å². The van der Waals surface area contributed by atoms with Gasteiger partial charge in [-0.15, -0.1) is 11.8 Å². The Labute approximate surface area is 150 Å². The number of amides is 1. The SMILES string of the molecule is O=C(CCSc1ccccc1F)N1CCN(c2ccc(F)cc2)CC1. The van der Waals surface area contributed by atoms with Crippen LogP contribution in [0.25, 0.3) is 0 Å². The van der Waals surface area contributed by atoms with Gasteiger partial charge in [-0.3, -0.25) is 4.79 Å². The van der Waals surface area contributed by atoms with Gasteiger partial charge in [0.25, 0.3) is 0 Å². The molecule has 132 valence electrons. The first-order valence-corrected chi connectivity index (χ1v) is 9.27. The number of hydrogen-bond acceptors (Lipinski definition) is 3. The van der Waals surface area contributed by atoms with Crippen LogP contribution in [0.2, 0.25) is 0 Å². The van der Waals surface area contributed by atoms with E-state index in [1.165, 1.54) is 30.0 Å². The Morgan fingerprint density at radius 2 is 1.64 bits per heavy atom. The summed E-state index contributed by atoms with van der Waals surface area (Å²) in [7, 11) is 0. The summed E-state index contributed by atoms with van der Waals surface area (Å²) in [6, 6.07) is 13.0. The second kappa shape index (κ2) is 8.34. The molecule has 0 saturated carbocycles. The molecule has 0 bridgehead atoms. The molecular weight excluding hydrogens is 342 g/mol. The van der Waals surface area contributed by atoms with E-state index in [2.05, 4.69) is 4.90 Å². The third-order valence-electron chi connectivity index (χ3n) is 4.23. The summed E-state index contributed by atoms with van der Waals surface area (Å²) in [5.74, 6) is 0.179. The maximum Gasteiger partial charge on any atom is 0.223 e. The maximum absolute atomic E-state index is 13.6. The first kappa shape index (κ1) is 17.7. The highest BCUT2D eigenvalue weighted by atomic mass is 32.2. The summed E-state index contributed by atoms with van der Waals surface area (Å²) >= 11 is 1.37. The Balaban J connectivity index is 1.44. The van der Waals surface area contributed by atoms with Crippen molar-refractivity contribution < 1.29 is 13.6 Å².